The van der Waals surface area contributed by atoms with E-state index >= 15 is 0 Å². The highest BCUT2D eigenvalue weighted by atomic mass is 19.4. The van der Waals surface area contributed by atoms with Gasteiger partial charge in [-0.05, 0) is 75.4 Å². The largest absolute Gasteiger partial charge is 0.494 e. The smallest absolute Gasteiger partial charge is 0.422 e. The zero-order valence-electron chi connectivity index (χ0n) is 28.4. The molecule has 2 aromatic carbocycles. The first kappa shape index (κ1) is 37.2. The molecule has 0 radical (unpaired) electrons. The summed E-state index contributed by atoms with van der Waals surface area (Å²) in [5.74, 6) is 0.417. The number of benzene rings is 2. The normalized spacial score (nSPS) is 16.4. The molecule has 3 aromatic rings. The molecule has 1 fully saturated rings. The fourth-order valence-corrected chi connectivity index (χ4v) is 5.16. The average Bonchev–Trinajstić information content (AvgIpc) is 3.90. The third kappa shape index (κ3) is 11.5. The van der Waals surface area contributed by atoms with Crippen molar-refractivity contribution in [3.8, 4) is 17.5 Å². The van der Waals surface area contributed by atoms with Crippen LogP contribution in [0.4, 0.5) is 35.5 Å². The van der Waals surface area contributed by atoms with Crippen molar-refractivity contribution in [1.82, 2.24) is 25.2 Å². The van der Waals surface area contributed by atoms with Gasteiger partial charge in [0.15, 0.2) is 6.61 Å². The van der Waals surface area contributed by atoms with E-state index in [0.29, 0.717) is 63.5 Å². The molecule has 1 aromatic heterocycles. The van der Waals surface area contributed by atoms with Crippen LogP contribution in [0.5, 0.6) is 17.5 Å². The van der Waals surface area contributed by atoms with Gasteiger partial charge in [-0.3, -0.25) is 4.79 Å². The summed E-state index contributed by atoms with van der Waals surface area (Å²) in [7, 11) is 0. The second kappa shape index (κ2) is 17.2. The molecule has 0 unspecified atom stereocenters. The number of alkyl halides is 3. The van der Waals surface area contributed by atoms with Gasteiger partial charge in [0.2, 0.25) is 11.9 Å². The number of hydrogen-bond acceptors (Lipinski definition) is 12. The first-order valence-corrected chi connectivity index (χ1v) is 16.9. The minimum absolute atomic E-state index is 0.0315. The van der Waals surface area contributed by atoms with Gasteiger partial charge in [-0.25, -0.2) is 4.79 Å². The van der Waals surface area contributed by atoms with E-state index in [-0.39, 0.29) is 54.3 Å². The number of nitrogens with one attached hydrogen (secondary N) is 3. The molecule has 6 rings (SSSR count). The number of carbonyl (C=O) groups excluding carboxylic acids is 2. The molecule has 1 saturated carbocycles. The van der Waals surface area contributed by atoms with Crippen molar-refractivity contribution in [1.29, 1.82) is 0 Å². The van der Waals surface area contributed by atoms with Crippen LogP contribution in [0.25, 0.3) is 0 Å². The van der Waals surface area contributed by atoms with Crippen molar-refractivity contribution in [2.45, 2.75) is 51.7 Å². The van der Waals surface area contributed by atoms with E-state index in [1.165, 1.54) is 0 Å². The maximum atomic E-state index is 13.3. The standard InChI is InChI=1S/C34H43F3N8O6/c1-2-48-32(47)45-14-3-4-16-50-27-18-24(8-11-26(27)28(46)40-21-33(20-38)12-13-33)41-30-42-29(43-31(44-30)51-22-34(35,36)37)39-19-23-6-9-25(10-7-23)49-17-5-15-45/h6-11,18H,2-5,12-17,19-22,38H2,1H3,(H,40,46)(H2,39,41,42,43,44). The zero-order chi connectivity index (χ0) is 36.3. The highest BCUT2D eigenvalue weighted by molar-refractivity contribution is 5.97. The Morgan fingerprint density at radius 3 is 2.47 bits per heavy atom. The molecular formula is C34H43F3N8O6. The lowest BCUT2D eigenvalue weighted by atomic mass is 10.1. The second-order valence-electron chi connectivity index (χ2n) is 12.3. The maximum absolute atomic E-state index is 13.3. The van der Waals surface area contributed by atoms with Crippen LogP contribution in [0, 0.1) is 5.41 Å². The molecule has 14 nitrogen and oxygen atoms in total. The van der Waals surface area contributed by atoms with Crippen molar-refractivity contribution < 1.29 is 41.7 Å². The number of ether oxygens (including phenoxy) is 4. The highest BCUT2D eigenvalue weighted by Crippen LogP contribution is 2.43. The Morgan fingerprint density at radius 2 is 1.75 bits per heavy atom. The number of rotatable bonds is 7. The number of nitrogens with two attached hydrogens (primary N) is 1. The topological polar surface area (TPSA) is 175 Å². The maximum Gasteiger partial charge on any atom is 0.422 e. The Labute approximate surface area is 293 Å². The van der Waals surface area contributed by atoms with E-state index in [9.17, 15) is 22.8 Å². The summed E-state index contributed by atoms with van der Waals surface area (Å²) in [6, 6.07) is 11.4. The van der Waals surface area contributed by atoms with Crippen molar-refractivity contribution in [2.75, 3.05) is 63.2 Å². The van der Waals surface area contributed by atoms with Gasteiger partial charge in [0.1, 0.15) is 11.5 Å². The lowest BCUT2D eigenvalue weighted by Gasteiger charge is -2.22. The molecule has 0 atom stereocenters. The van der Waals surface area contributed by atoms with Gasteiger partial charge in [0.25, 0.3) is 5.91 Å². The number of nitrogens with zero attached hydrogens (tertiary/aromatic N) is 4. The molecule has 1 aliphatic carbocycles. The number of carbonyl (C=O) groups is 2. The Balaban J connectivity index is 1.40. The molecule has 276 valence electrons. The van der Waals surface area contributed by atoms with Gasteiger partial charge in [0, 0.05) is 43.3 Å². The van der Waals surface area contributed by atoms with Crippen LogP contribution < -0.4 is 35.9 Å². The van der Waals surface area contributed by atoms with Crippen molar-refractivity contribution in [3.63, 3.8) is 0 Å². The summed E-state index contributed by atoms with van der Waals surface area (Å²) < 4.78 is 61.0. The van der Waals surface area contributed by atoms with E-state index in [1.807, 2.05) is 12.1 Å². The summed E-state index contributed by atoms with van der Waals surface area (Å²) in [4.78, 5) is 40.0. The van der Waals surface area contributed by atoms with Gasteiger partial charge >= 0.3 is 18.3 Å². The Kier molecular flexibility index (Phi) is 12.6. The summed E-state index contributed by atoms with van der Waals surface area (Å²) in [6.45, 7) is 3.00. The predicted molar refractivity (Wildman–Crippen MR) is 181 cm³/mol. The quantitative estimate of drug-likeness (QED) is 0.257. The van der Waals surface area contributed by atoms with Crippen LogP contribution in [-0.2, 0) is 11.3 Å². The monoisotopic (exact) mass is 716 g/mol. The van der Waals surface area contributed by atoms with Crippen LogP contribution in [0.2, 0.25) is 0 Å². The molecule has 3 heterocycles. The molecule has 51 heavy (non-hydrogen) atoms. The third-order valence-electron chi connectivity index (χ3n) is 8.30. The van der Waals surface area contributed by atoms with Crippen LogP contribution in [0.1, 0.15) is 54.9 Å². The van der Waals surface area contributed by atoms with Crippen LogP contribution in [0.3, 0.4) is 0 Å². The van der Waals surface area contributed by atoms with Crippen LogP contribution in [-0.4, -0.2) is 90.6 Å². The zero-order valence-corrected chi connectivity index (χ0v) is 28.4. The average molecular weight is 717 g/mol. The third-order valence-corrected chi connectivity index (χ3v) is 8.30. The number of halogens is 3. The molecule has 0 saturated heterocycles. The number of anilines is 3. The van der Waals surface area contributed by atoms with E-state index in [2.05, 4.69) is 30.9 Å². The first-order chi connectivity index (χ1) is 24.5. The molecule has 2 aliphatic heterocycles. The lowest BCUT2D eigenvalue weighted by Crippen LogP contribution is -2.34. The van der Waals surface area contributed by atoms with E-state index in [0.717, 1.165) is 18.4 Å². The van der Waals surface area contributed by atoms with Gasteiger partial charge in [-0.15, -0.1) is 0 Å². The minimum atomic E-state index is -4.61. The Morgan fingerprint density at radius 1 is 1.00 bits per heavy atom. The summed E-state index contributed by atoms with van der Waals surface area (Å²) in [6.07, 6.45) is -1.41. The number of aromatic nitrogens is 3. The molecule has 0 spiro atoms. The van der Waals surface area contributed by atoms with Crippen LogP contribution >= 0.6 is 0 Å². The van der Waals surface area contributed by atoms with E-state index in [1.54, 1.807) is 42.2 Å². The predicted octanol–water partition coefficient (Wildman–Crippen LogP) is 5.04. The SMILES string of the molecule is CCOC(=O)N1CCCCOc2cc(ccc2C(=O)NCC2(CN)CC2)Nc2nc(nc(OCC(F)(F)F)n2)NCc2ccc(cc2)OCCC1. The first-order valence-electron chi connectivity index (χ1n) is 16.9. The number of hydrogen-bond donors (Lipinski definition) is 4. The molecule has 3 aliphatic rings. The molecular weight excluding hydrogens is 673 g/mol. The van der Waals surface area contributed by atoms with Crippen molar-refractivity contribution >= 4 is 29.6 Å². The van der Waals surface area contributed by atoms with Gasteiger partial charge in [-0.1, -0.05) is 12.1 Å². The lowest BCUT2D eigenvalue weighted by molar-refractivity contribution is -0.154. The van der Waals surface area contributed by atoms with Gasteiger partial charge < -0.3 is 45.5 Å². The molecule has 2 amide bonds. The fraction of sp³-hybridized carbons (Fsp3) is 0.500. The van der Waals surface area contributed by atoms with E-state index < -0.39 is 24.9 Å². The van der Waals surface area contributed by atoms with Crippen molar-refractivity contribution in [2.24, 2.45) is 11.1 Å². The molecule has 6 bridgehead atoms. The molecule has 17 heteroatoms. The van der Waals surface area contributed by atoms with E-state index in [4.69, 9.17) is 24.7 Å². The second-order valence-corrected chi connectivity index (χ2v) is 12.3. The number of amides is 2. The molecule has 5 N–H and O–H groups in total. The van der Waals surface area contributed by atoms with Crippen molar-refractivity contribution in [3.05, 3.63) is 53.6 Å². The summed E-state index contributed by atoms with van der Waals surface area (Å²) >= 11 is 0. The van der Waals surface area contributed by atoms with Crippen LogP contribution in [0.15, 0.2) is 42.5 Å². The Bertz CT molecular complexity index is 1620. The highest BCUT2D eigenvalue weighted by Gasteiger charge is 2.41. The summed E-state index contributed by atoms with van der Waals surface area (Å²) in [5.41, 5.74) is 7.30. The summed E-state index contributed by atoms with van der Waals surface area (Å²) in [5, 5.41) is 8.92. The van der Waals surface area contributed by atoms with Gasteiger partial charge in [0.05, 0.1) is 25.4 Å². The van der Waals surface area contributed by atoms with Gasteiger partial charge in [-0.2, -0.15) is 28.1 Å². The minimum Gasteiger partial charge on any atom is -0.494 e. The fourth-order valence-electron chi connectivity index (χ4n) is 5.16. The number of fused-ring (bicyclic) bond motifs is 12. The Hall–Kier alpha value is -5.06.